The topological polar surface area (TPSA) is 48.1 Å². The number of alkyl halides is 3. The lowest BCUT2D eigenvalue weighted by atomic mass is 9.81. The quantitative estimate of drug-likeness (QED) is 0.594. The number of hydrogen-bond acceptors (Lipinski definition) is 2. The number of nitrogens with zero attached hydrogens (tertiary/aromatic N) is 2. The van der Waals surface area contributed by atoms with Gasteiger partial charge in [0.2, 0.25) is 0 Å². The average molecular weight is 326 g/mol. The van der Waals surface area contributed by atoms with E-state index >= 15 is 0 Å². The Labute approximate surface area is 131 Å². The van der Waals surface area contributed by atoms with Crippen molar-refractivity contribution >= 4 is 16.6 Å². The van der Waals surface area contributed by atoms with Crippen LogP contribution in [0.4, 0.5) is 18.9 Å². The molecular formula is C16H17F3N2O2. The van der Waals surface area contributed by atoms with E-state index in [0.717, 1.165) is 10.9 Å². The molecule has 4 nitrogen and oxygen atoms in total. The standard InChI is InChI=1S/C16H17F3N2O2/c17-16(18,19)13-3-1-11(2-4-13)10-20-8-7-12-9-14(21(22)23)5-6-15(12)20/h5-9,11,13H,1-4,10H2. The number of non-ortho nitro benzene ring substituents is 1. The van der Waals surface area contributed by atoms with Gasteiger partial charge in [0.15, 0.2) is 0 Å². The third-order valence-electron chi connectivity index (χ3n) is 4.73. The van der Waals surface area contributed by atoms with Crippen molar-refractivity contribution in [3.63, 3.8) is 0 Å². The molecule has 1 heterocycles. The fourth-order valence-electron chi connectivity index (χ4n) is 3.41. The first-order valence-corrected chi connectivity index (χ1v) is 7.64. The zero-order valence-corrected chi connectivity index (χ0v) is 12.4. The molecule has 0 radical (unpaired) electrons. The van der Waals surface area contributed by atoms with Gasteiger partial charge in [0, 0.05) is 35.8 Å². The van der Waals surface area contributed by atoms with Crippen molar-refractivity contribution in [3.8, 4) is 0 Å². The molecule has 0 amide bonds. The second kappa shape index (κ2) is 5.86. The Hall–Kier alpha value is -2.05. The molecule has 7 heteroatoms. The van der Waals surface area contributed by atoms with E-state index in [1.54, 1.807) is 6.07 Å². The van der Waals surface area contributed by atoms with E-state index in [2.05, 4.69) is 0 Å². The highest BCUT2D eigenvalue weighted by molar-refractivity contribution is 5.82. The predicted octanol–water partition coefficient (Wildman–Crippen LogP) is 4.92. The number of hydrogen-bond donors (Lipinski definition) is 0. The Morgan fingerprint density at radius 2 is 1.87 bits per heavy atom. The van der Waals surface area contributed by atoms with Crippen LogP contribution in [0.2, 0.25) is 0 Å². The molecule has 23 heavy (non-hydrogen) atoms. The molecule has 1 aromatic carbocycles. The maximum absolute atomic E-state index is 12.7. The highest BCUT2D eigenvalue weighted by Gasteiger charge is 2.41. The van der Waals surface area contributed by atoms with Crippen LogP contribution >= 0.6 is 0 Å². The summed E-state index contributed by atoms with van der Waals surface area (Å²) in [5.74, 6) is -0.942. The average Bonchev–Trinajstić information content (AvgIpc) is 2.89. The van der Waals surface area contributed by atoms with Gasteiger partial charge in [0.05, 0.1) is 10.8 Å². The van der Waals surface area contributed by atoms with Crippen molar-refractivity contribution in [2.75, 3.05) is 0 Å². The fraction of sp³-hybridized carbons (Fsp3) is 0.500. The van der Waals surface area contributed by atoms with Crippen LogP contribution in [0.5, 0.6) is 0 Å². The molecule has 0 atom stereocenters. The summed E-state index contributed by atoms with van der Waals surface area (Å²) in [4.78, 5) is 10.4. The smallest absolute Gasteiger partial charge is 0.347 e. The van der Waals surface area contributed by atoms with Gasteiger partial charge >= 0.3 is 6.18 Å². The van der Waals surface area contributed by atoms with Crippen LogP contribution in [-0.4, -0.2) is 15.7 Å². The molecule has 1 aliphatic rings. The van der Waals surface area contributed by atoms with E-state index < -0.39 is 17.0 Å². The molecule has 1 aromatic heterocycles. The van der Waals surface area contributed by atoms with Gasteiger partial charge in [-0.05, 0) is 43.7 Å². The van der Waals surface area contributed by atoms with E-state index in [-0.39, 0.29) is 24.4 Å². The van der Waals surface area contributed by atoms with Gasteiger partial charge in [-0.1, -0.05) is 0 Å². The lowest BCUT2D eigenvalue weighted by Crippen LogP contribution is -2.28. The summed E-state index contributed by atoms with van der Waals surface area (Å²) in [5.41, 5.74) is 0.925. The Morgan fingerprint density at radius 3 is 2.48 bits per heavy atom. The Balaban J connectivity index is 1.70. The van der Waals surface area contributed by atoms with E-state index in [9.17, 15) is 23.3 Å². The fourth-order valence-corrected chi connectivity index (χ4v) is 3.41. The zero-order chi connectivity index (χ0) is 16.6. The van der Waals surface area contributed by atoms with Gasteiger partial charge in [-0.3, -0.25) is 10.1 Å². The van der Waals surface area contributed by atoms with Crippen LogP contribution in [-0.2, 0) is 6.54 Å². The second-order valence-electron chi connectivity index (χ2n) is 6.23. The SMILES string of the molecule is O=[N+]([O-])c1ccc2c(ccn2CC2CCC(C(F)(F)F)CC2)c1. The van der Waals surface area contributed by atoms with E-state index in [1.165, 1.54) is 12.1 Å². The summed E-state index contributed by atoms with van der Waals surface area (Å²) < 4.78 is 40.1. The van der Waals surface area contributed by atoms with E-state index in [4.69, 9.17) is 0 Å². The van der Waals surface area contributed by atoms with Gasteiger partial charge in [0.25, 0.3) is 5.69 Å². The summed E-state index contributed by atoms with van der Waals surface area (Å²) in [6.45, 7) is 0.659. The highest BCUT2D eigenvalue weighted by Crippen LogP contribution is 2.40. The highest BCUT2D eigenvalue weighted by atomic mass is 19.4. The van der Waals surface area contributed by atoms with Crippen LogP contribution in [0.15, 0.2) is 30.5 Å². The molecule has 3 rings (SSSR count). The molecule has 2 aromatic rings. The largest absolute Gasteiger partial charge is 0.391 e. The summed E-state index contributed by atoms with van der Waals surface area (Å²) >= 11 is 0. The van der Waals surface area contributed by atoms with Crippen LogP contribution < -0.4 is 0 Å². The summed E-state index contributed by atoms with van der Waals surface area (Å²) in [6, 6.07) is 6.49. The van der Waals surface area contributed by atoms with Crippen molar-refractivity contribution in [2.24, 2.45) is 11.8 Å². The lowest BCUT2D eigenvalue weighted by molar-refractivity contribution is -0.384. The Kier molecular flexibility index (Phi) is 4.04. The monoisotopic (exact) mass is 326 g/mol. The van der Waals surface area contributed by atoms with Gasteiger partial charge < -0.3 is 4.57 Å². The first-order chi connectivity index (χ1) is 10.8. The lowest BCUT2D eigenvalue weighted by Gasteiger charge is -2.30. The molecule has 1 saturated carbocycles. The van der Waals surface area contributed by atoms with Crippen LogP contribution in [0.1, 0.15) is 25.7 Å². The van der Waals surface area contributed by atoms with E-state index in [1.807, 2.05) is 16.8 Å². The molecule has 1 fully saturated rings. The summed E-state index contributed by atoms with van der Waals surface area (Å²) in [7, 11) is 0. The summed E-state index contributed by atoms with van der Waals surface area (Å²) in [5, 5.41) is 11.6. The number of aromatic nitrogens is 1. The predicted molar refractivity (Wildman–Crippen MR) is 80.1 cm³/mol. The van der Waals surface area contributed by atoms with Gasteiger partial charge in [-0.2, -0.15) is 13.2 Å². The molecule has 1 aliphatic carbocycles. The molecule has 0 spiro atoms. The van der Waals surface area contributed by atoms with Crippen molar-refractivity contribution in [2.45, 2.75) is 38.4 Å². The van der Waals surface area contributed by atoms with Gasteiger partial charge in [0.1, 0.15) is 0 Å². The molecule has 0 saturated heterocycles. The number of nitro groups is 1. The third-order valence-corrected chi connectivity index (χ3v) is 4.73. The second-order valence-corrected chi connectivity index (χ2v) is 6.23. The van der Waals surface area contributed by atoms with Crippen molar-refractivity contribution in [1.82, 2.24) is 4.57 Å². The normalized spacial score (nSPS) is 22.4. The molecule has 0 aliphatic heterocycles. The summed E-state index contributed by atoms with van der Waals surface area (Å²) in [6.07, 6.45) is -0.709. The number of nitro benzene ring substituents is 1. The Morgan fingerprint density at radius 1 is 1.17 bits per heavy atom. The maximum atomic E-state index is 12.7. The van der Waals surface area contributed by atoms with Crippen molar-refractivity contribution in [1.29, 1.82) is 0 Å². The number of fused-ring (bicyclic) bond motifs is 1. The van der Waals surface area contributed by atoms with Crippen LogP contribution in [0.25, 0.3) is 10.9 Å². The van der Waals surface area contributed by atoms with Gasteiger partial charge in [-0.15, -0.1) is 0 Å². The third kappa shape index (κ3) is 3.33. The molecule has 0 N–H and O–H groups in total. The molecule has 0 unspecified atom stereocenters. The number of halogens is 3. The van der Waals surface area contributed by atoms with Crippen molar-refractivity contribution < 1.29 is 18.1 Å². The molecule has 124 valence electrons. The van der Waals surface area contributed by atoms with Crippen LogP contribution in [0.3, 0.4) is 0 Å². The van der Waals surface area contributed by atoms with E-state index in [0.29, 0.717) is 19.4 Å². The minimum Gasteiger partial charge on any atom is -0.347 e. The maximum Gasteiger partial charge on any atom is 0.391 e. The van der Waals surface area contributed by atoms with Crippen LogP contribution in [0, 0.1) is 22.0 Å². The minimum atomic E-state index is -4.08. The molecular weight excluding hydrogens is 309 g/mol. The zero-order valence-electron chi connectivity index (χ0n) is 12.4. The first-order valence-electron chi connectivity index (χ1n) is 7.64. The van der Waals surface area contributed by atoms with Gasteiger partial charge in [-0.25, -0.2) is 0 Å². The first kappa shape index (κ1) is 15.8. The minimum absolute atomic E-state index is 0.0425. The Bertz CT molecular complexity index is 716. The molecule has 0 bridgehead atoms. The number of benzene rings is 1. The number of rotatable bonds is 3. The van der Waals surface area contributed by atoms with Crippen molar-refractivity contribution in [3.05, 3.63) is 40.6 Å².